The summed E-state index contributed by atoms with van der Waals surface area (Å²) in [6.45, 7) is 2.80. The molecule has 122 valence electrons. The van der Waals surface area contributed by atoms with Crippen LogP contribution in [0, 0.1) is 10.1 Å². The van der Waals surface area contributed by atoms with Gasteiger partial charge < -0.3 is 10.2 Å². The van der Waals surface area contributed by atoms with Crippen LogP contribution in [0.3, 0.4) is 0 Å². The summed E-state index contributed by atoms with van der Waals surface area (Å²) in [5, 5.41) is 17.4. The number of halogens is 1. The maximum atomic E-state index is 11.1. The fourth-order valence-corrected chi connectivity index (χ4v) is 3.87. The largest absolute Gasteiger partial charge is 0.379 e. The van der Waals surface area contributed by atoms with Gasteiger partial charge in [-0.2, -0.15) is 0 Å². The Balaban J connectivity index is 1.59. The number of thiazole rings is 1. The molecule has 0 unspecified atom stereocenters. The van der Waals surface area contributed by atoms with Gasteiger partial charge in [0.25, 0.3) is 5.69 Å². The number of rotatable bonds is 6. The standard InChI is InChI=1S/C15H17BrN4O2S/c16-11-3-4-14(20(21)22)13(9-11)17-6-5-12-10-23-15(18-12)19-7-1-2-8-19/h3-4,9-10,17H,1-2,5-8H2. The quantitative estimate of drug-likeness (QED) is 0.588. The molecule has 1 aliphatic rings. The lowest BCUT2D eigenvalue weighted by atomic mass is 10.2. The van der Waals surface area contributed by atoms with Crippen LogP contribution in [0.15, 0.2) is 28.1 Å². The van der Waals surface area contributed by atoms with Gasteiger partial charge in [0.05, 0.1) is 10.6 Å². The minimum atomic E-state index is -0.372. The third-order valence-electron chi connectivity index (χ3n) is 3.77. The Morgan fingerprint density at radius 2 is 2.17 bits per heavy atom. The molecule has 1 fully saturated rings. The first-order valence-electron chi connectivity index (χ1n) is 7.50. The number of anilines is 2. The number of nitro groups is 1. The number of benzene rings is 1. The predicted molar refractivity (Wildman–Crippen MR) is 96.6 cm³/mol. The van der Waals surface area contributed by atoms with Crippen LogP contribution in [0.5, 0.6) is 0 Å². The van der Waals surface area contributed by atoms with Gasteiger partial charge in [0.15, 0.2) is 5.13 Å². The van der Waals surface area contributed by atoms with Gasteiger partial charge in [0, 0.05) is 42.0 Å². The van der Waals surface area contributed by atoms with E-state index in [1.807, 2.05) is 0 Å². The molecule has 2 heterocycles. The van der Waals surface area contributed by atoms with Crippen molar-refractivity contribution in [1.29, 1.82) is 0 Å². The van der Waals surface area contributed by atoms with Crippen molar-refractivity contribution >= 4 is 43.8 Å². The lowest BCUT2D eigenvalue weighted by Crippen LogP contribution is -2.17. The van der Waals surface area contributed by atoms with E-state index in [2.05, 4.69) is 36.5 Å². The molecule has 6 nitrogen and oxygen atoms in total. The molecule has 8 heteroatoms. The number of hydrogen-bond acceptors (Lipinski definition) is 6. The second-order valence-corrected chi connectivity index (χ2v) is 7.16. The van der Waals surface area contributed by atoms with Crippen LogP contribution < -0.4 is 10.2 Å². The number of nitro benzene ring substituents is 1. The maximum absolute atomic E-state index is 11.1. The zero-order chi connectivity index (χ0) is 16.2. The van der Waals surface area contributed by atoms with E-state index in [-0.39, 0.29) is 10.6 Å². The second-order valence-electron chi connectivity index (χ2n) is 5.41. The molecular weight excluding hydrogens is 380 g/mol. The molecule has 3 rings (SSSR count). The van der Waals surface area contributed by atoms with Gasteiger partial charge in [-0.15, -0.1) is 11.3 Å². The van der Waals surface area contributed by atoms with Crippen LogP contribution in [-0.2, 0) is 6.42 Å². The summed E-state index contributed by atoms with van der Waals surface area (Å²) in [6.07, 6.45) is 3.22. The molecule has 1 saturated heterocycles. The average molecular weight is 397 g/mol. The molecule has 2 aromatic rings. The molecule has 0 radical (unpaired) electrons. The molecule has 0 bridgehead atoms. The third-order valence-corrected chi connectivity index (χ3v) is 5.21. The molecular formula is C15H17BrN4O2S. The molecule has 0 saturated carbocycles. The highest BCUT2D eigenvalue weighted by atomic mass is 79.9. The van der Waals surface area contributed by atoms with Gasteiger partial charge in [-0.1, -0.05) is 15.9 Å². The normalized spacial score (nSPS) is 14.2. The van der Waals surface area contributed by atoms with Gasteiger partial charge in [-0.3, -0.25) is 10.1 Å². The monoisotopic (exact) mass is 396 g/mol. The number of hydrogen-bond donors (Lipinski definition) is 1. The summed E-state index contributed by atoms with van der Waals surface area (Å²) in [7, 11) is 0. The van der Waals surface area contributed by atoms with Crippen molar-refractivity contribution < 1.29 is 4.92 Å². The Hall–Kier alpha value is -1.67. The van der Waals surface area contributed by atoms with Gasteiger partial charge in [0.1, 0.15) is 5.69 Å². The average Bonchev–Trinajstić information content (AvgIpc) is 3.18. The summed E-state index contributed by atoms with van der Waals surface area (Å²) >= 11 is 5.02. The lowest BCUT2D eigenvalue weighted by molar-refractivity contribution is -0.384. The summed E-state index contributed by atoms with van der Waals surface area (Å²) in [4.78, 5) is 17.7. The van der Waals surface area contributed by atoms with Crippen molar-refractivity contribution in [2.45, 2.75) is 19.3 Å². The van der Waals surface area contributed by atoms with Crippen LogP contribution in [-0.4, -0.2) is 29.5 Å². The van der Waals surface area contributed by atoms with Crippen molar-refractivity contribution in [3.8, 4) is 0 Å². The molecule has 1 N–H and O–H groups in total. The van der Waals surface area contributed by atoms with E-state index < -0.39 is 0 Å². The van der Waals surface area contributed by atoms with Crippen molar-refractivity contribution in [1.82, 2.24) is 4.98 Å². The Morgan fingerprint density at radius 3 is 2.91 bits per heavy atom. The molecule has 0 spiro atoms. The van der Waals surface area contributed by atoms with E-state index in [1.165, 1.54) is 18.9 Å². The van der Waals surface area contributed by atoms with E-state index >= 15 is 0 Å². The van der Waals surface area contributed by atoms with E-state index in [0.717, 1.165) is 34.8 Å². The first-order chi connectivity index (χ1) is 11.1. The van der Waals surface area contributed by atoms with Crippen LogP contribution in [0.25, 0.3) is 0 Å². The smallest absolute Gasteiger partial charge is 0.292 e. The number of nitrogens with zero attached hydrogens (tertiary/aromatic N) is 3. The van der Waals surface area contributed by atoms with E-state index in [1.54, 1.807) is 23.5 Å². The molecule has 0 aliphatic carbocycles. The summed E-state index contributed by atoms with van der Waals surface area (Å²) in [5.74, 6) is 0. The summed E-state index contributed by atoms with van der Waals surface area (Å²) < 4.78 is 0.815. The SMILES string of the molecule is O=[N+]([O-])c1ccc(Br)cc1NCCc1csc(N2CCCC2)n1. The Morgan fingerprint density at radius 1 is 1.39 bits per heavy atom. The fourth-order valence-electron chi connectivity index (χ4n) is 2.60. The van der Waals surface area contributed by atoms with Crippen LogP contribution in [0.1, 0.15) is 18.5 Å². The Labute approximate surface area is 146 Å². The van der Waals surface area contributed by atoms with E-state index in [9.17, 15) is 10.1 Å². The highest BCUT2D eigenvalue weighted by Crippen LogP contribution is 2.28. The number of aromatic nitrogens is 1. The zero-order valence-corrected chi connectivity index (χ0v) is 14.9. The molecule has 23 heavy (non-hydrogen) atoms. The number of nitrogens with one attached hydrogen (secondary N) is 1. The lowest BCUT2D eigenvalue weighted by Gasteiger charge is -2.12. The van der Waals surface area contributed by atoms with Gasteiger partial charge in [-0.05, 0) is 25.0 Å². The minimum absolute atomic E-state index is 0.0873. The topological polar surface area (TPSA) is 71.3 Å². The molecule has 0 amide bonds. The van der Waals surface area contributed by atoms with Gasteiger partial charge >= 0.3 is 0 Å². The Bertz CT molecular complexity index is 701. The summed E-state index contributed by atoms with van der Waals surface area (Å²) in [6, 6.07) is 4.90. The van der Waals surface area contributed by atoms with Gasteiger partial charge in [0.2, 0.25) is 0 Å². The third kappa shape index (κ3) is 4.00. The van der Waals surface area contributed by atoms with Crippen molar-refractivity contribution in [3.05, 3.63) is 43.9 Å². The van der Waals surface area contributed by atoms with Crippen molar-refractivity contribution in [2.24, 2.45) is 0 Å². The fraction of sp³-hybridized carbons (Fsp3) is 0.400. The van der Waals surface area contributed by atoms with Crippen molar-refractivity contribution in [2.75, 3.05) is 29.9 Å². The molecule has 0 atom stereocenters. The first-order valence-corrected chi connectivity index (χ1v) is 9.18. The summed E-state index contributed by atoms with van der Waals surface area (Å²) in [5.41, 5.74) is 1.64. The van der Waals surface area contributed by atoms with Crippen molar-refractivity contribution in [3.63, 3.8) is 0 Å². The highest BCUT2D eigenvalue weighted by molar-refractivity contribution is 9.10. The molecule has 1 aromatic heterocycles. The highest BCUT2D eigenvalue weighted by Gasteiger charge is 2.16. The second kappa shape index (κ2) is 7.27. The van der Waals surface area contributed by atoms with Crippen LogP contribution in [0.2, 0.25) is 0 Å². The predicted octanol–water partition coefficient (Wildman–Crippen LogP) is 4.07. The van der Waals surface area contributed by atoms with Crippen LogP contribution >= 0.6 is 27.3 Å². The van der Waals surface area contributed by atoms with E-state index in [4.69, 9.17) is 0 Å². The van der Waals surface area contributed by atoms with Gasteiger partial charge in [-0.25, -0.2) is 4.98 Å². The zero-order valence-electron chi connectivity index (χ0n) is 12.5. The minimum Gasteiger partial charge on any atom is -0.379 e. The first kappa shape index (κ1) is 16.2. The Kier molecular flexibility index (Phi) is 5.12. The molecule has 1 aromatic carbocycles. The van der Waals surface area contributed by atoms with E-state index in [0.29, 0.717) is 12.2 Å². The molecule has 1 aliphatic heterocycles. The maximum Gasteiger partial charge on any atom is 0.292 e. The van der Waals surface area contributed by atoms with Crippen LogP contribution in [0.4, 0.5) is 16.5 Å².